The first kappa shape index (κ1) is 16.1. The number of nitrogens with zero attached hydrogens (tertiary/aromatic N) is 1. The van der Waals surface area contributed by atoms with E-state index in [9.17, 15) is 8.42 Å². The van der Waals surface area contributed by atoms with Gasteiger partial charge in [0.1, 0.15) is 5.75 Å². The highest BCUT2D eigenvalue weighted by molar-refractivity contribution is 7.89. The number of ether oxygens (including phenoxy) is 1. The summed E-state index contributed by atoms with van der Waals surface area (Å²) in [6.45, 7) is 6.72. The van der Waals surface area contributed by atoms with Gasteiger partial charge in [-0.1, -0.05) is 13.8 Å². The normalized spacial score (nSPS) is 27.5. The summed E-state index contributed by atoms with van der Waals surface area (Å²) >= 11 is 0. The predicted molar refractivity (Wildman–Crippen MR) is 83.7 cm³/mol. The monoisotopic (exact) mass is 312 g/mol. The molecule has 0 saturated carbocycles. The van der Waals surface area contributed by atoms with Crippen LogP contribution in [0.5, 0.6) is 5.75 Å². The minimum absolute atomic E-state index is 0.00507. The van der Waals surface area contributed by atoms with Crippen LogP contribution in [0.25, 0.3) is 0 Å². The average molecular weight is 312 g/mol. The van der Waals surface area contributed by atoms with Crippen molar-refractivity contribution in [3.05, 3.63) is 18.2 Å². The lowest BCUT2D eigenvalue weighted by Gasteiger charge is -2.40. The minimum atomic E-state index is -3.53. The molecule has 1 aliphatic rings. The Hall–Kier alpha value is -1.27. The number of benzene rings is 1. The summed E-state index contributed by atoms with van der Waals surface area (Å²) in [5.74, 6) is 1.20. The van der Waals surface area contributed by atoms with Gasteiger partial charge in [-0.15, -0.1) is 0 Å². The van der Waals surface area contributed by atoms with E-state index in [0.717, 1.165) is 6.42 Å². The lowest BCUT2D eigenvalue weighted by molar-refractivity contribution is 0.157. The molecule has 1 fully saturated rings. The summed E-state index contributed by atoms with van der Waals surface area (Å²) in [5.41, 5.74) is 6.18. The molecule has 0 amide bonds. The van der Waals surface area contributed by atoms with Gasteiger partial charge >= 0.3 is 0 Å². The molecular formula is C15H24N2O3S. The molecule has 21 heavy (non-hydrogen) atoms. The third kappa shape index (κ3) is 3.01. The average Bonchev–Trinajstić information content (AvgIpc) is 2.42. The first-order valence-corrected chi connectivity index (χ1v) is 8.66. The Labute approximate surface area is 127 Å². The molecule has 1 aromatic rings. The van der Waals surface area contributed by atoms with E-state index in [1.54, 1.807) is 16.4 Å². The number of hydrogen-bond acceptors (Lipinski definition) is 4. The van der Waals surface area contributed by atoms with Crippen LogP contribution in [0.2, 0.25) is 0 Å². The molecule has 1 aliphatic heterocycles. The van der Waals surface area contributed by atoms with Crippen molar-refractivity contribution >= 4 is 15.7 Å². The van der Waals surface area contributed by atoms with Crippen molar-refractivity contribution in [2.75, 3.05) is 19.4 Å². The fourth-order valence-corrected chi connectivity index (χ4v) is 4.87. The molecule has 0 spiro atoms. The number of hydrogen-bond donors (Lipinski definition) is 1. The zero-order valence-corrected chi connectivity index (χ0v) is 13.9. The number of nitrogen functional groups attached to an aromatic ring is 1. The van der Waals surface area contributed by atoms with E-state index in [0.29, 0.717) is 29.8 Å². The van der Waals surface area contributed by atoms with Crippen molar-refractivity contribution in [1.29, 1.82) is 0 Å². The fourth-order valence-electron chi connectivity index (χ4n) is 2.99. The Kier molecular flexibility index (Phi) is 4.49. The van der Waals surface area contributed by atoms with Gasteiger partial charge in [-0.3, -0.25) is 0 Å². The highest BCUT2D eigenvalue weighted by atomic mass is 32.2. The number of methoxy groups -OCH3 is 1. The molecule has 0 aliphatic carbocycles. The van der Waals surface area contributed by atoms with Gasteiger partial charge in [0.25, 0.3) is 0 Å². The molecular weight excluding hydrogens is 288 g/mol. The van der Waals surface area contributed by atoms with Crippen LogP contribution < -0.4 is 10.5 Å². The molecule has 118 valence electrons. The van der Waals surface area contributed by atoms with E-state index in [1.165, 1.54) is 13.2 Å². The molecule has 6 heteroatoms. The standard InChI is InChI=1S/C15H24N2O3S/c1-10-7-11(2)12(3)17(9-10)21(18,19)13-5-6-15(20-4)14(16)8-13/h5-6,8,10-12H,7,9,16H2,1-4H3. The van der Waals surface area contributed by atoms with Gasteiger partial charge in [-0.05, 0) is 43.4 Å². The van der Waals surface area contributed by atoms with Crippen LogP contribution in [-0.4, -0.2) is 32.4 Å². The van der Waals surface area contributed by atoms with Crippen molar-refractivity contribution in [3.8, 4) is 5.75 Å². The molecule has 2 rings (SSSR count). The Morgan fingerprint density at radius 1 is 1.29 bits per heavy atom. The lowest BCUT2D eigenvalue weighted by Crippen LogP contribution is -2.48. The van der Waals surface area contributed by atoms with Gasteiger partial charge in [-0.2, -0.15) is 4.31 Å². The predicted octanol–water partition coefficient (Wildman–Crippen LogP) is 2.33. The number of anilines is 1. The van der Waals surface area contributed by atoms with E-state index in [4.69, 9.17) is 10.5 Å². The molecule has 1 saturated heterocycles. The summed E-state index contributed by atoms with van der Waals surface area (Å²) in [7, 11) is -2.02. The maximum atomic E-state index is 12.9. The van der Waals surface area contributed by atoms with Crippen LogP contribution in [0.1, 0.15) is 27.2 Å². The van der Waals surface area contributed by atoms with E-state index >= 15 is 0 Å². The third-order valence-electron chi connectivity index (χ3n) is 4.35. The number of rotatable bonds is 3. The van der Waals surface area contributed by atoms with Gasteiger partial charge in [0.2, 0.25) is 10.0 Å². The third-order valence-corrected chi connectivity index (χ3v) is 6.30. The SMILES string of the molecule is COc1ccc(S(=O)(=O)N2CC(C)CC(C)C2C)cc1N. The second-order valence-electron chi connectivity index (χ2n) is 6.04. The molecule has 3 unspecified atom stereocenters. The van der Waals surface area contributed by atoms with Crippen LogP contribution in [0.15, 0.2) is 23.1 Å². The first-order chi connectivity index (χ1) is 9.77. The topological polar surface area (TPSA) is 72.6 Å². The van der Waals surface area contributed by atoms with Gasteiger partial charge < -0.3 is 10.5 Å². The summed E-state index contributed by atoms with van der Waals surface area (Å²) in [6.07, 6.45) is 1.05. The van der Waals surface area contributed by atoms with Crippen molar-refractivity contribution in [1.82, 2.24) is 4.31 Å². The maximum Gasteiger partial charge on any atom is 0.243 e. The van der Waals surface area contributed by atoms with Crippen LogP contribution in [0.4, 0.5) is 5.69 Å². The van der Waals surface area contributed by atoms with E-state index in [2.05, 4.69) is 13.8 Å². The summed E-state index contributed by atoms with van der Waals surface area (Å²) in [6, 6.07) is 4.63. The van der Waals surface area contributed by atoms with Crippen molar-refractivity contribution < 1.29 is 13.2 Å². The molecule has 0 bridgehead atoms. The zero-order chi connectivity index (χ0) is 15.8. The van der Waals surface area contributed by atoms with E-state index in [-0.39, 0.29) is 10.9 Å². The van der Waals surface area contributed by atoms with E-state index in [1.807, 2.05) is 6.92 Å². The smallest absolute Gasteiger partial charge is 0.243 e. The summed E-state index contributed by atoms with van der Waals surface area (Å²) < 4.78 is 32.4. The zero-order valence-electron chi connectivity index (χ0n) is 13.0. The molecule has 2 N–H and O–H groups in total. The Morgan fingerprint density at radius 3 is 2.52 bits per heavy atom. The second-order valence-corrected chi connectivity index (χ2v) is 7.93. The number of sulfonamides is 1. The lowest BCUT2D eigenvalue weighted by atomic mass is 9.88. The number of piperidine rings is 1. The fraction of sp³-hybridized carbons (Fsp3) is 0.600. The van der Waals surface area contributed by atoms with Crippen LogP contribution in [-0.2, 0) is 10.0 Å². The molecule has 5 nitrogen and oxygen atoms in total. The van der Waals surface area contributed by atoms with E-state index < -0.39 is 10.0 Å². The Bertz CT molecular complexity index is 615. The summed E-state index contributed by atoms with van der Waals surface area (Å²) in [4.78, 5) is 0.231. The first-order valence-electron chi connectivity index (χ1n) is 7.22. The van der Waals surface area contributed by atoms with Crippen molar-refractivity contribution in [2.24, 2.45) is 11.8 Å². The van der Waals surface area contributed by atoms with Crippen molar-refractivity contribution in [3.63, 3.8) is 0 Å². The Morgan fingerprint density at radius 2 is 1.95 bits per heavy atom. The molecule has 1 aromatic carbocycles. The van der Waals surface area contributed by atoms with Crippen molar-refractivity contribution in [2.45, 2.75) is 38.1 Å². The minimum Gasteiger partial charge on any atom is -0.495 e. The Balaban J connectivity index is 2.39. The van der Waals surface area contributed by atoms with Gasteiger partial charge in [-0.25, -0.2) is 8.42 Å². The highest BCUT2D eigenvalue weighted by Gasteiger charge is 2.37. The van der Waals surface area contributed by atoms with Gasteiger partial charge in [0.15, 0.2) is 0 Å². The summed E-state index contributed by atoms with van der Waals surface area (Å²) in [5, 5.41) is 0. The number of nitrogens with two attached hydrogens (primary N) is 1. The molecule has 1 heterocycles. The van der Waals surface area contributed by atoms with Gasteiger partial charge in [0.05, 0.1) is 17.7 Å². The van der Waals surface area contributed by atoms with Crippen LogP contribution >= 0.6 is 0 Å². The molecule has 0 aromatic heterocycles. The molecule has 3 atom stereocenters. The van der Waals surface area contributed by atoms with Crippen LogP contribution in [0, 0.1) is 11.8 Å². The second kappa shape index (κ2) is 5.85. The quantitative estimate of drug-likeness (QED) is 0.869. The van der Waals surface area contributed by atoms with Crippen LogP contribution in [0.3, 0.4) is 0 Å². The van der Waals surface area contributed by atoms with Gasteiger partial charge in [0, 0.05) is 12.6 Å². The largest absolute Gasteiger partial charge is 0.495 e. The molecule has 0 radical (unpaired) electrons. The highest BCUT2D eigenvalue weighted by Crippen LogP contribution is 2.33. The maximum absolute atomic E-state index is 12.9.